The van der Waals surface area contributed by atoms with Crippen molar-refractivity contribution in [1.82, 2.24) is 0 Å². The Labute approximate surface area is 172 Å². The van der Waals surface area contributed by atoms with Crippen LogP contribution in [0.15, 0.2) is 0 Å². The van der Waals surface area contributed by atoms with Crippen LogP contribution in [0, 0.1) is 0 Å². The van der Waals surface area contributed by atoms with Crippen LogP contribution in [0.2, 0.25) is 0 Å². The van der Waals surface area contributed by atoms with E-state index in [0.29, 0.717) is 12.8 Å². The molecule has 0 aromatic rings. The van der Waals surface area contributed by atoms with Gasteiger partial charge in [0, 0.05) is 5.25 Å². The average molecular weight is 373 g/mol. The number of hydrogen-bond acceptors (Lipinski definition) is 4. The summed E-state index contributed by atoms with van der Waals surface area (Å²) in [6.45, 7) is 4.08. The quantitative estimate of drug-likeness (QED) is 0.254. The van der Waals surface area contributed by atoms with Crippen LogP contribution >= 0.6 is 0 Å². The summed E-state index contributed by atoms with van der Waals surface area (Å²) in [5, 5.41) is 9.13. The number of aliphatic hydroxyl groups is 1. The van der Waals surface area contributed by atoms with E-state index in [1.54, 1.807) is 0 Å². The van der Waals surface area contributed by atoms with Gasteiger partial charge < -0.3 is 9.66 Å². The van der Waals surface area contributed by atoms with Gasteiger partial charge in [0.2, 0.25) is 0 Å². The summed E-state index contributed by atoms with van der Waals surface area (Å²) in [6.07, 6.45) is 13.2. The maximum Gasteiger partial charge on any atom is 1.00 e. The molecule has 0 fully saturated rings. The van der Waals surface area contributed by atoms with Crippen LogP contribution < -0.4 is 29.6 Å². The van der Waals surface area contributed by atoms with Crippen molar-refractivity contribution in [2.45, 2.75) is 115 Å². The summed E-state index contributed by atoms with van der Waals surface area (Å²) < 4.78 is 33.3. The first-order valence-electron chi connectivity index (χ1n) is 9.54. The van der Waals surface area contributed by atoms with Crippen LogP contribution in [0.5, 0.6) is 0 Å². The monoisotopic (exact) mass is 372 g/mol. The summed E-state index contributed by atoms with van der Waals surface area (Å²) in [5.74, 6) is 0. The molecule has 2 unspecified atom stereocenters. The van der Waals surface area contributed by atoms with Crippen LogP contribution in [0.3, 0.4) is 0 Å². The van der Waals surface area contributed by atoms with Gasteiger partial charge in [0.15, 0.2) is 0 Å². The van der Waals surface area contributed by atoms with Gasteiger partial charge in [-0.15, -0.1) is 0 Å². The molecular weight excluding hydrogens is 335 g/mol. The smallest absolute Gasteiger partial charge is 0.748 e. The molecule has 0 bridgehead atoms. The second-order valence-electron chi connectivity index (χ2n) is 6.75. The predicted octanol–water partition coefficient (Wildman–Crippen LogP) is 1.77. The van der Waals surface area contributed by atoms with Gasteiger partial charge in [-0.05, 0) is 25.7 Å². The van der Waals surface area contributed by atoms with Gasteiger partial charge in [-0.1, -0.05) is 78.1 Å². The Morgan fingerprint density at radius 2 is 1.21 bits per heavy atom. The van der Waals surface area contributed by atoms with Crippen molar-refractivity contribution in [3.8, 4) is 0 Å². The van der Waals surface area contributed by atoms with E-state index in [2.05, 4.69) is 6.92 Å². The summed E-state index contributed by atoms with van der Waals surface area (Å²) >= 11 is 0. The van der Waals surface area contributed by atoms with Crippen molar-refractivity contribution in [3.63, 3.8) is 0 Å². The maximum atomic E-state index is 11.1. The Balaban J connectivity index is 0. The molecule has 0 aromatic heterocycles. The van der Waals surface area contributed by atoms with Crippen molar-refractivity contribution in [1.29, 1.82) is 0 Å². The van der Waals surface area contributed by atoms with Gasteiger partial charge in [-0.3, -0.25) is 0 Å². The van der Waals surface area contributed by atoms with Crippen molar-refractivity contribution in [3.05, 3.63) is 0 Å². The molecule has 24 heavy (non-hydrogen) atoms. The van der Waals surface area contributed by atoms with Crippen LogP contribution in [0.25, 0.3) is 0 Å². The van der Waals surface area contributed by atoms with E-state index < -0.39 is 15.4 Å². The molecule has 0 aliphatic rings. The van der Waals surface area contributed by atoms with Crippen molar-refractivity contribution in [2.75, 3.05) is 0 Å². The number of aliphatic hydroxyl groups excluding tert-OH is 1. The zero-order chi connectivity index (χ0) is 17.6. The SMILES string of the molecule is CCCCCC(O)CCCCCCCCC(CCC)S(=O)(=O)[O-].[Na+]. The first kappa shape index (κ1) is 27.1. The minimum Gasteiger partial charge on any atom is -0.748 e. The number of rotatable bonds is 16. The molecule has 0 amide bonds. The molecule has 0 aliphatic heterocycles. The summed E-state index contributed by atoms with van der Waals surface area (Å²) in [4.78, 5) is 0. The third kappa shape index (κ3) is 16.3. The van der Waals surface area contributed by atoms with Crippen molar-refractivity contribution < 1.29 is 47.6 Å². The van der Waals surface area contributed by atoms with Crippen molar-refractivity contribution >= 4 is 10.1 Å². The van der Waals surface area contributed by atoms with Crippen LogP contribution in [0.1, 0.15) is 104 Å². The van der Waals surface area contributed by atoms with Crippen LogP contribution in [0.4, 0.5) is 0 Å². The molecular formula is C18H37NaO4S. The molecule has 0 aliphatic carbocycles. The van der Waals surface area contributed by atoms with Gasteiger partial charge in [0.1, 0.15) is 0 Å². The maximum absolute atomic E-state index is 11.1. The minimum atomic E-state index is -4.13. The second kappa shape index (κ2) is 17.3. The minimum absolute atomic E-state index is 0. The standard InChI is InChI=1S/C18H38O4S.Na/c1-3-5-10-14-17(19)15-11-8-6-7-9-12-16-18(13-4-2)23(20,21)22;/h17-19H,3-16H2,1-2H3,(H,20,21,22);/q;+1/p-1. The van der Waals surface area contributed by atoms with Gasteiger partial charge in [0.25, 0.3) is 0 Å². The molecule has 0 spiro atoms. The van der Waals surface area contributed by atoms with E-state index in [9.17, 15) is 18.1 Å². The Kier molecular flexibility index (Phi) is 19.5. The third-order valence-corrected chi connectivity index (χ3v) is 5.76. The van der Waals surface area contributed by atoms with E-state index in [1.165, 1.54) is 12.8 Å². The summed E-state index contributed by atoms with van der Waals surface area (Å²) in [5.41, 5.74) is 0. The summed E-state index contributed by atoms with van der Waals surface area (Å²) in [6, 6.07) is 0. The fourth-order valence-electron chi connectivity index (χ4n) is 2.99. The third-order valence-electron chi connectivity index (χ3n) is 4.47. The molecule has 1 N–H and O–H groups in total. The fourth-order valence-corrected chi connectivity index (χ4v) is 3.97. The van der Waals surface area contributed by atoms with Gasteiger partial charge in [-0.2, -0.15) is 0 Å². The molecule has 0 saturated carbocycles. The fraction of sp³-hybridized carbons (Fsp3) is 1.00. The van der Waals surface area contributed by atoms with Gasteiger partial charge in [0.05, 0.1) is 16.2 Å². The van der Waals surface area contributed by atoms with E-state index in [4.69, 9.17) is 0 Å². The van der Waals surface area contributed by atoms with E-state index >= 15 is 0 Å². The zero-order valence-corrected chi connectivity index (χ0v) is 19.0. The first-order valence-corrected chi connectivity index (χ1v) is 11.0. The largest absolute Gasteiger partial charge is 1.00 e. The molecule has 0 heterocycles. The normalized spacial score (nSPS) is 14.2. The van der Waals surface area contributed by atoms with E-state index in [0.717, 1.165) is 64.2 Å². The molecule has 6 heteroatoms. The van der Waals surface area contributed by atoms with E-state index in [-0.39, 0.29) is 35.7 Å². The molecule has 0 rings (SSSR count). The molecule has 0 radical (unpaired) electrons. The predicted molar refractivity (Wildman–Crippen MR) is 95.5 cm³/mol. The average Bonchev–Trinajstić information content (AvgIpc) is 2.48. The van der Waals surface area contributed by atoms with Gasteiger partial charge >= 0.3 is 29.6 Å². The Morgan fingerprint density at radius 1 is 0.750 bits per heavy atom. The summed E-state index contributed by atoms with van der Waals surface area (Å²) in [7, 11) is -4.13. The topological polar surface area (TPSA) is 77.4 Å². The van der Waals surface area contributed by atoms with Crippen molar-refractivity contribution in [2.24, 2.45) is 0 Å². The number of unbranched alkanes of at least 4 members (excludes halogenated alkanes) is 7. The molecule has 2 atom stereocenters. The second-order valence-corrected chi connectivity index (χ2v) is 8.40. The number of hydrogen-bond donors (Lipinski definition) is 1. The van der Waals surface area contributed by atoms with Crippen LogP contribution in [-0.4, -0.2) is 29.4 Å². The Morgan fingerprint density at radius 3 is 1.67 bits per heavy atom. The zero-order valence-electron chi connectivity index (χ0n) is 16.1. The molecule has 140 valence electrons. The Hall–Kier alpha value is 0.870. The van der Waals surface area contributed by atoms with Crippen LogP contribution in [-0.2, 0) is 10.1 Å². The molecule has 0 aromatic carbocycles. The molecule has 0 saturated heterocycles. The first-order chi connectivity index (χ1) is 10.9. The van der Waals surface area contributed by atoms with Gasteiger partial charge in [-0.25, -0.2) is 8.42 Å². The Bertz CT molecular complexity index is 360. The van der Waals surface area contributed by atoms with E-state index in [1.807, 2.05) is 6.92 Å². The molecule has 4 nitrogen and oxygen atoms in total.